The van der Waals surface area contributed by atoms with E-state index in [0.29, 0.717) is 30.0 Å². The van der Waals surface area contributed by atoms with Crippen molar-refractivity contribution in [1.82, 2.24) is 9.29 Å². The molecule has 0 radical (unpaired) electrons. The van der Waals surface area contributed by atoms with Crippen LogP contribution in [-0.4, -0.2) is 36.7 Å². The van der Waals surface area contributed by atoms with Gasteiger partial charge in [0.05, 0.1) is 17.0 Å². The van der Waals surface area contributed by atoms with E-state index in [2.05, 4.69) is 10.3 Å². The van der Waals surface area contributed by atoms with Crippen LogP contribution >= 0.6 is 22.7 Å². The molecular formula is C21H23N3O3S3. The number of nitrogens with zero attached hydrogens (tertiary/aromatic N) is 2. The van der Waals surface area contributed by atoms with Gasteiger partial charge in [0, 0.05) is 35.1 Å². The molecule has 1 amide bonds. The van der Waals surface area contributed by atoms with E-state index in [1.54, 1.807) is 40.8 Å². The highest BCUT2D eigenvalue weighted by Gasteiger charge is 2.27. The van der Waals surface area contributed by atoms with Crippen molar-refractivity contribution in [2.24, 2.45) is 0 Å². The lowest BCUT2D eigenvalue weighted by molar-refractivity contribution is -0.115. The second kappa shape index (κ2) is 8.97. The number of sulfonamides is 1. The number of aryl methyl sites for hydroxylation is 1. The number of piperidine rings is 1. The van der Waals surface area contributed by atoms with Crippen molar-refractivity contribution in [2.45, 2.75) is 37.5 Å². The summed E-state index contributed by atoms with van der Waals surface area (Å²) >= 11 is 3.12. The molecule has 1 fully saturated rings. The Labute approximate surface area is 184 Å². The first kappa shape index (κ1) is 21.2. The van der Waals surface area contributed by atoms with E-state index in [9.17, 15) is 13.2 Å². The van der Waals surface area contributed by atoms with E-state index in [1.807, 2.05) is 22.2 Å². The van der Waals surface area contributed by atoms with Crippen LogP contribution in [0.1, 0.15) is 30.5 Å². The van der Waals surface area contributed by atoms with Gasteiger partial charge in [-0.3, -0.25) is 4.79 Å². The third-order valence-corrected chi connectivity index (χ3v) is 8.73. The topological polar surface area (TPSA) is 79.4 Å². The van der Waals surface area contributed by atoms with Gasteiger partial charge in [0.2, 0.25) is 15.9 Å². The van der Waals surface area contributed by atoms with Crippen molar-refractivity contribution >= 4 is 44.3 Å². The number of rotatable bonds is 6. The molecule has 1 saturated heterocycles. The Morgan fingerprint density at radius 2 is 1.97 bits per heavy atom. The Hall–Kier alpha value is -2.07. The fourth-order valence-corrected chi connectivity index (χ4v) is 6.78. The maximum Gasteiger partial charge on any atom is 0.243 e. The van der Waals surface area contributed by atoms with Gasteiger partial charge in [0.15, 0.2) is 0 Å². The zero-order chi connectivity index (χ0) is 21.1. The predicted octanol–water partition coefficient (Wildman–Crippen LogP) is 4.54. The minimum absolute atomic E-state index is 0.142. The number of benzene rings is 1. The molecule has 1 aliphatic heterocycles. The van der Waals surface area contributed by atoms with Crippen molar-refractivity contribution in [2.75, 3.05) is 18.4 Å². The van der Waals surface area contributed by atoms with Gasteiger partial charge in [0.1, 0.15) is 5.01 Å². The van der Waals surface area contributed by atoms with Crippen LogP contribution in [0.3, 0.4) is 0 Å². The van der Waals surface area contributed by atoms with Crippen molar-refractivity contribution < 1.29 is 13.2 Å². The van der Waals surface area contributed by atoms with Crippen LogP contribution in [0.2, 0.25) is 0 Å². The summed E-state index contributed by atoms with van der Waals surface area (Å²) in [5.74, 6) is -0.220. The van der Waals surface area contributed by atoms with Gasteiger partial charge >= 0.3 is 0 Å². The summed E-state index contributed by atoms with van der Waals surface area (Å²) in [6, 6.07) is 7.04. The van der Waals surface area contributed by atoms with Gasteiger partial charge in [-0.05, 0) is 48.9 Å². The summed E-state index contributed by atoms with van der Waals surface area (Å²) in [4.78, 5) is 17.3. The molecule has 1 aromatic carbocycles. The maximum atomic E-state index is 13.1. The average Bonchev–Trinajstić information content (AvgIpc) is 3.42. The van der Waals surface area contributed by atoms with Crippen molar-refractivity contribution in [3.63, 3.8) is 0 Å². The van der Waals surface area contributed by atoms with Gasteiger partial charge in [-0.25, -0.2) is 13.4 Å². The third-order valence-electron chi connectivity index (χ3n) is 5.07. The number of nitrogens with one attached hydrogen (secondary N) is 1. The first-order valence-electron chi connectivity index (χ1n) is 9.81. The molecule has 3 heterocycles. The summed E-state index contributed by atoms with van der Waals surface area (Å²) in [6.07, 6.45) is 2.97. The van der Waals surface area contributed by atoms with Crippen LogP contribution in [0.15, 0.2) is 45.3 Å². The van der Waals surface area contributed by atoms with Crippen LogP contribution in [-0.2, 0) is 21.2 Å². The summed E-state index contributed by atoms with van der Waals surface area (Å²) in [6.45, 7) is 2.88. The highest BCUT2D eigenvalue weighted by molar-refractivity contribution is 7.89. The molecule has 3 aromatic rings. The standard InChI is InChI=1S/C21H23N3O3S3/c1-15-5-6-17(11-19(15)30(26,27)24-8-3-2-4-9-24)22-20(25)12-18-14-29-21(23-18)16-7-10-28-13-16/h5-7,10-11,13-14H,2-4,8-9,12H2,1H3,(H,22,25). The number of carbonyl (C=O) groups excluding carboxylic acids is 1. The first-order valence-corrected chi connectivity index (χ1v) is 13.1. The summed E-state index contributed by atoms with van der Waals surface area (Å²) < 4.78 is 27.7. The smallest absolute Gasteiger partial charge is 0.243 e. The van der Waals surface area contributed by atoms with E-state index < -0.39 is 10.0 Å². The molecule has 0 atom stereocenters. The van der Waals surface area contributed by atoms with E-state index in [1.165, 1.54) is 11.3 Å². The fourth-order valence-electron chi connectivity index (χ4n) is 3.48. The number of thiazole rings is 1. The van der Waals surface area contributed by atoms with Crippen molar-refractivity contribution in [3.8, 4) is 10.6 Å². The number of amides is 1. The Bertz CT molecular complexity index is 1130. The number of anilines is 1. The molecule has 0 spiro atoms. The largest absolute Gasteiger partial charge is 0.326 e. The minimum Gasteiger partial charge on any atom is -0.326 e. The fraction of sp³-hybridized carbons (Fsp3) is 0.333. The van der Waals surface area contributed by atoms with Gasteiger partial charge in [-0.2, -0.15) is 15.6 Å². The number of hydrogen-bond acceptors (Lipinski definition) is 6. The summed E-state index contributed by atoms with van der Waals surface area (Å²) in [5.41, 5.74) is 2.92. The van der Waals surface area contributed by atoms with Gasteiger partial charge in [0.25, 0.3) is 0 Å². The van der Waals surface area contributed by atoms with Crippen LogP contribution in [0.4, 0.5) is 5.69 Å². The SMILES string of the molecule is Cc1ccc(NC(=O)Cc2csc(-c3ccsc3)n2)cc1S(=O)(=O)N1CCCCC1. The van der Waals surface area contributed by atoms with Crippen molar-refractivity contribution in [1.29, 1.82) is 0 Å². The number of aromatic nitrogens is 1. The Balaban J connectivity index is 1.47. The molecule has 0 bridgehead atoms. The zero-order valence-electron chi connectivity index (χ0n) is 16.6. The molecule has 1 aliphatic rings. The Morgan fingerprint density at radius 3 is 2.70 bits per heavy atom. The molecule has 158 valence electrons. The van der Waals surface area contributed by atoms with E-state index in [4.69, 9.17) is 0 Å². The molecule has 1 N–H and O–H groups in total. The quantitative estimate of drug-likeness (QED) is 0.585. The number of thiophene rings is 1. The Morgan fingerprint density at radius 1 is 1.17 bits per heavy atom. The molecular weight excluding hydrogens is 438 g/mol. The Kier molecular flexibility index (Phi) is 6.33. The van der Waals surface area contributed by atoms with E-state index >= 15 is 0 Å². The molecule has 0 unspecified atom stereocenters. The van der Waals surface area contributed by atoms with Crippen LogP contribution < -0.4 is 5.32 Å². The van der Waals surface area contributed by atoms with Crippen molar-refractivity contribution in [3.05, 3.63) is 51.7 Å². The lowest BCUT2D eigenvalue weighted by Crippen LogP contribution is -2.36. The van der Waals surface area contributed by atoms with Crippen LogP contribution in [0.25, 0.3) is 10.6 Å². The highest BCUT2D eigenvalue weighted by atomic mass is 32.2. The zero-order valence-corrected chi connectivity index (χ0v) is 19.1. The lowest BCUT2D eigenvalue weighted by atomic mass is 10.2. The summed E-state index contributed by atoms with van der Waals surface area (Å²) in [7, 11) is -3.56. The predicted molar refractivity (Wildman–Crippen MR) is 122 cm³/mol. The third kappa shape index (κ3) is 4.64. The molecule has 30 heavy (non-hydrogen) atoms. The second-order valence-electron chi connectivity index (χ2n) is 7.33. The van der Waals surface area contributed by atoms with Crippen LogP contribution in [0.5, 0.6) is 0 Å². The molecule has 4 rings (SSSR count). The summed E-state index contributed by atoms with van der Waals surface area (Å²) in [5, 5.41) is 9.62. The van der Waals surface area contributed by atoms with E-state index in [-0.39, 0.29) is 17.2 Å². The maximum absolute atomic E-state index is 13.1. The van der Waals surface area contributed by atoms with Crippen LogP contribution in [0, 0.1) is 6.92 Å². The monoisotopic (exact) mass is 461 g/mol. The molecule has 9 heteroatoms. The molecule has 0 saturated carbocycles. The number of carbonyl (C=O) groups is 1. The molecule has 0 aliphatic carbocycles. The minimum atomic E-state index is -3.56. The van der Waals surface area contributed by atoms with E-state index in [0.717, 1.165) is 29.8 Å². The second-order valence-corrected chi connectivity index (χ2v) is 10.9. The lowest BCUT2D eigenvalue weighted by Gasteiger charge is -2.26. The number of hydrogen-bond donors (Lipinski definition) is 1. The first-order chi connectivity index (χ1) is 14.4. The highest BCUT2D eigenvalue weighted by Crippen LogP contribution is 2.27. The average molecular weight is 462 g/mol. The van der Waals surface area contributed by atoms with Gasteiger partial charge < -0.3 is 5.32 Å². The normalized spacial score (nSPS) is 15.2. The van der Waals surface area contributed by atoms with Gasteiger partial charge in [-0.1, -0.05) is 12.5 Å². The molecule has 2 aromatic heterocycles. The van der Waals surface area contributed by atoms with Gasteiger partial charge in [-0.15, -0.1) is 11.3 Å². The molecule has 6 nitrogen and oxygen atoms in total.